The summed E-state index contributed by atoms with van der Waals surface area (Å²) in [5.74, 6) is -0.152. The molecule has 1 amide bonds. The van der Waals surface area contributed by atoms with E-state index >= 15 is 0 Å². The van der Waals surface area contributed by atoms with Gasteiger partial charge in [-0.1, -0.05) is 36.4 Å². The number of carbonyl (C=O) groups excluding carboxylic acids is 1. The highest BCUT2D eigenvalue weighted by atomic mass is 16.3. The molecule has 1 heterocycles. The molecule has 0 aliphatic heterocycles. The maximum atomic E-state index is 12.1. The summed E-state index contributed by atoms with van der Waals surface area (Å²) < 4.78 is 5.46. The first-order chi connectivity index (χ1) is 11.7. The number of aromatic hydroxyl groups is 1. The smallest absolute Gasteiger partial charge is 0.307 e. The predicted octanol–water partition coefficient (Wildman–Crippen LogP) is 3.63. The van der Waals surface area contributed by atoms with E-state index in [0.29, 0.717) is 17.6 Å². The van der Waals surface area contributed by atoms with Crippen LogP contribution in [0.2, 0.25) is 0 Å². The van der Waals surface area contributed by atoms with Gasteiger partial charge in [0.1, 0.15) is 11.3 Å². The quantitative estimate of drug-likeness (QED) is 0.428. The van der Waals surface area contributed by atoms with E-state index in [1.807, 2.05) is 18.2 Å². The van der Waals surface area contributed by atoms with Crippen molar-refractivity contribution in [2.45, 2.75) is 6.42 Å². The Morgan fingerprint density at radius 1 is 1.25 bits per heavy atom. The molecule has 0 radical (unpaired) electrons. The Hall–Kier alpha value is -3.34. The molecular formula is C19H16N2O3. The van der Waals surface area contributed by atoms with Gasteiger partial charge >= 0.3 is 5.91 Å². The molecule has 0 fully saturated rings. The van der Waals surface area contributed by atoms with Gasteiger partial charge in [-0.3, -0.25) is 4.79 Å². The second-order valence-corrected chi connectivity index (χ2v) is 5.20. The molecule has 120 valence electrons. The fourth-order valence-electron chi connectivity index (χ4n) is 2.34. The van der Waals surface area contributed by atoms with Crippen molar-refractivity contribution in [2.75, 3.05) is 0 Å². The van der Waals surface area contributed by atoms with Crippen LogP contribution in [0.1, 0.15) is 21.7 Å². The lowest BCUT2D eigenvalue weighted by Gasteiger charge is -2.04. The van der Waals surface area contributed by atoms with Crippen molar-refractivity contribution in [3.8, 4) is 5.75 Å². The number of phenols is 1. The molecule has 0 unspecified atom stereocenters. The number of hydrogen-bond donors (Lipinski definition) is 2. The molecule has 24 heavy (non-hydrogen) atoms. The molecule has 0 bridgehead atoms. The summed E-state index contributed by atoms with van der Waals surface area (Å²) in [6.45, 7) is 3.65. The van der Waals surface area contributed by atoms with Gasteiger partial charge in [0, 0.05) is 10.9 Å². The number of hydrogen-bond acceptors (Lipinski definition) is 4. The molecule has 0 aliphatic rings. The summed E-state index contributed by atoms with van der Waals surface area (Å²) in [5.41, 5.74) is 4.29. The van der Waals surface area contributed by atoms with Crippen LogP contribution in [-0.4, -0.2) is 17.2 Å². The van der Waals surface area contributed by atoms with Crippen molar-refractivity contribution in [3.05, 3.63) is 78.1 Å². The largest absolute Gasteiger partial charge is 0.507 e. The zero-order chi connectivity index (χ0) is 16.9. The van der Waals surface area contributed by atoms with Gasteiger partial charge < -0.3 is 9.52 Å². The Morgan fingerprint density at radius 3 is 2.88 bits per heavy atom. The van der Waals surface area contributed by atoms with E-state index in [1.165, 1.54) is 6.21 Å². The summed E-state index contributed by atoms with van der Waals surface area (Å²) in [5, 5.41) is 14.9. The number of amides is 1. The third-order valence-electron chi connectivity index (χ3n) is 3.53. The second-order valence-electron chi connectivity index (χ2n) is 5.20. The number of hydrazone groups is 1. The molecule has 0 saturated heterocycles. The SMILES string of the molecule is C=CCc1cccc(/C=N/NC(=O)c2cc3ccccc3o2)c1O. The number of nitrogens with zero attached hydrogens (tertiary/aromatic N) is 1. The van der Waals surface area contributed by atoms with E-state index in [-0.39, 0.29) is 11.5 Å². The molecule has 5 nitrogen and oxygen atoms in total. The third-order valence-corrected chi connectivity index (χ3v) is 3.53. The summed E-state index contributed by atoms with van der Waals surface area (Å²) in [7, 11) is 0. The van der Waals surface area contributed by atoms with E-state index in [0.717, 1.165) is 10.9 Å². The van der Waals surface area contributed by atoms with Gasteiger partial charge in [-0.25, -0.2) is 5.43 Å². The fraction of sp³-hybridized carbons (Fsp3) is 0.0526. The van der Waals surface area contributed by atoms with Gasteiger partial charge in [-0.05, 0) is 30.2 Å². The lowest BCUT2D eigenvalue weighted by Crippen LogP contribution is -2.16. The number of para-hydroxylation sites is 2. The lowest BCUT2D eigenvalue weighted by molar-refractivity contribution is 0.0929. The second kappa shape index (κ2) is 6.83. The van der Waals surface area contributed by atoms with Crippen molar-refractivity contribution in [3.63, 3.8) is 0 Å². The first-order valence-corrected chi connectivity index (χ1v) is 7.43. The van der Waals surface area contributed by atoms with E-state index < -0.39 is 5.91 Å². The Morgan fingerprint density at radius 2 is 2.08 bits per heavy atom. The minimum absolute atomic E-state index is 0.124. The van der Waals surface area contributed by atoms with Crippen molar-refractivity contribution in [2.24, 2.45) is 5.10 Å². The highest BCUT2D eigenvalue weighted by Crippen LogP contribution is 2.22. The van der Waals surface area contributed by atoms with Crippen LogP contribution in [-0.2, 0) is 6.42 Å². The average molecular weight is 320 g/mol. The molecule has 0 atom stereocenters. The summed E-state index contributed by atoms with van der Waals surface area (Å²) in [6, 6.07) is 14.3. The highest BCUT2D eigenvalue weighted by molar-refractivity contribution is 5.96. The van der Waals surface area contributed by atoms with Crippen LogP contribution in [0.3, 0.4) is 0 Å². The molecule has 0 aliphatic carbocycles. The summed E-state index contributed by atoms with van der Waals surface area (Å²) in [4.78, 5) is 12.1. The van der Waals surface area contributed by atoms with Gasteiger partial charge in [0.2, 0.25) is 0 Å². The topological polar surface area (TPSA) is 74.8 Å². The summed E-state index contributed by atoms with van der Waals surface area (Å²) in [6.07, 6.45) is 3.65. The molecule has 5 heteroatoms. The van der Waals surface area contributed by atoms with Gasteiger partial charge in [-0.15, -0.1) is 6.58 Å². The number of carbonyl (C=O) groups is 1. The van der Waals surface area contributed by atoms with E-state index in [4.69, 9.17) is 4.42 Å². The molecule has 1 aromatic heterocycles. The molecular weight excluding hydrogens is 304 g/mol. The van der Waals surface area contributed by atoms with Crippen LogP contribution >= 0.6 is 0 Å². The predicted molar refractivity (Wildman–Crippen MR) is 93.3 cm³/mol. The van der Waals surface area contributed by atoms with E-state index in [9.17, 15) is 9.90 Å². The molecule has 0 saturated carbocycles. The number of fused-ring (bicyclic) bond motifs is 1. The maximum absolute atomic E-state index is 12.1. The number of allylic oxidation sites excluding steroid dienone is 1. The van der Waals surface area contributed by atoms with Gasteiger partial charge in [0.15, 0.2) is 5.76 Å². The number of nitrogens with one attached hydrogen (secondary N) is 1. The van der Waals surface area contributed by atoms with Crippen molar-refractivity contribution in [1.82, 2.24) is 5.43 Å². The van der Waals surface area contributed by atoms with E-state index in [2.05, 4.69) is 17.1 Å². The van der Waals surface area contributed by atoms with Gasteiger partial charge in [0.25, 0.3) is 0 Å². The van der Waals surface area contributed by atoms with Crippen LogP contribution in [0, 0.1) is 0 Å². The Labute approximate surface area is 138 Å². The van der Waals surface area contributed by atoms with Crippen LogP contribution < -0.4 is 5.43 Å². The van der Waals surface area contributed by atoms with Gasteiger partial charge in [-0.2, -0.15) is 5.10 Å². The zero-order valence-electron chi connectivity index (χ0n) is 12.9. The average Bonchev–Trinajstić information content (AvgIpc) is 3.02. The fourth-order valence-corrected chi connectivity index (χ4v) is 2.34. The minimum Gasteiger partial charge on any atom is -0.507 e. The molecule has 2 aromatic carbocycles. The Kier molecular flexibility index (Phi) is 4.43. The van der Waals surface area contributed by atoms with Crippen LogP contribution in [0.25, 0.3) is 11.0 Å². The molecule has 3 rings (SSSR count). The molecule has 0 spiro atoms. The standard InChI is InChI=1S/C19H16N2O3/c1-2-6-13-8-5-9-15(18(13)22)12-20-21-19(23)17-11-14-7-3-4-10-16(14)24-17/h2-5,7-12,22H,1,6H2,(H,21,23)/b20-12+. The monoisotopic (exact) mass is 320 g/mol. The highest BCUT2D eigenvalue weighted by Gasteiger charge is 2.11. The maximum Gasteiger partial charge on any atom is 0.307 e. The number of furan rings is 1. The van der Waals surface area contributed by atoms with Crippen LogP contribution in [0.15, 0.2) is 70.7 Å². The van der Waals surface area contributed by atoms with Crippen molar-refractivity contribution < 1.29 is 14.3 Å². The first-order valence-electron chi connectivity index (χ1n) is 7.43. The van der Waals surface area contributed by atoms with Crippen molar-refractivity contribution >= 4 is 23.1 Å². The van der Waals surface area contributed by atoms with E-state index in [1.54, 1.807) is 36.4 Å². The third kappa shape index (κ3) is 3.20. The number of benzene rings is 2. The van der Waals surface area contributed by atoms with Gasteiger partial charge in [0.05, 0.1) is 6.21 Å². The normalized spacial score (nSPS) is 11.0. The zero-order valence-corrected chi connectivity index (χ0v) is 12.9. The summed E-state index contributed by atoms with van der Waals surface area (Å²) >= 11 is 0. The van der Waals surface area contributed by atoms with Crippen molar-refractivity contribution in [1.29, 1.82) is 0 Å². The minimum atomic E-state index is -0.454. The van der Waals surface area contributed by atoms with Crippen LogP contribution in [0.4, 0.5) is 0 Å². The number of phenolic OH excluding ortho intramolecular Hbond substituents is 1. The first kappa shape index (κ1) is 15.6. The molecule has 3 aromatic rings. The Bertz CT molecular complexity index is 892. The Balaban J connectivity index is 1.73. The number of rotatable bonds is 5. The molecule has 2 N–H and O–H groups in total. The lowest BCUT2D eigenvalue weighted by atomic mass is 10.1. The van der Waals surface area contributed by atoms with Crippen LogP contribution in [0.5, 0.6) is 5.75 Å².